The topological polar surface area (TPSA) is 159 Å². The number of nitrogens with one attached hydrogen (secondary N) is 2. The Hall–Kier alpha value is -4.15. The Morgan fingerprint density at radius 2 is 1.94 bits per heavy atom. The summed E-state index contributed by atoms with van der Waals surface area (Å²) >= 11 is 0. The smallest absolute Gasteiger partial charge is 0.333 e. The summed E-state index contributed by atoms with van der Waals surface area (Å²) in [7, 11) is 2.53. The SMILES string of the molecule is Cn1c(O)c(C=NCC(=O)N[C@H](Cc2c[nH]c3ccccc23)C(=O)O)c(=O)n(C)c1=O. The van der Waals surface area contributed by atoms with E-state index in [0.717, 1.165) is 31.8 Å². The Morgan fingerprint density at radius 1 is 1.23 bits per heavy atom. The number of aliphatic carboxylic acids is 1. The third kappa shape index (κ3) is 4.39. The van der Waals surface area contributed by atoms with Crippen LogP contribution in [0, 0.1) is 0 Å². The molecule has 0 unspecified atom stereocenters. The number of carboxylic acid groups (broad SMARTS) is 1. The highest BCUT2D eigenvalue weighted by atomic mass is 16.4. The second-order valence-corrected chi connectivity index (χ2v) is 6.93. The van der Waals surface area contributed by atoms with Gasteiger partial charge in [0.05, 0.1) is 0 Å². The van der Waals surface area contributed by atoms with E-state index in [1.165, 1.54) is 14.1 Å². The molecule has 1 aromatic carbocycles. The zero-order valence-corrected chi connectivity index (χ0v) is 16.8. The van der Waals surface area contributed by atoms with Gasteiger partial charge in [0.15, 0.2) is 0 Å². The molecule has 2 heterocycles. The number of carbonyl (C=O) groups excluding carboxylic acids is 1. The maximum Gasteiger partial charge on any atom is 0.333 e. The van der Waals surface area contributed by atoms with E-state index in [2.05, 4.69) is 15.3 Å². The highest BCUT2D eigenvalue weighted by molar-refractivity contribution is 5.89. The third-order valence-corrected chi connectivity index (χ3v) is 4.86. The van der Waals surface area contributed by atoms with Gasteiger partial charge in [-0.2, -0.15) is 0 Å². The van der Waals surface area contributed by atoms with Crippen LogP contribution >= 0.6 is 0 Å². The van der Waals surface area contributed by atoms with Crippen LogP contribution in [0.2, 0.25) is 0 Å². The molecule has 0 fully saturated rings. The Balaban J connectivity index is 1.71. The van der Waals surface area contributed by atoms with Crippen molar-refractivity contribution in [2.24, 2.45) is 19.1 Å². The number of rotatable bonds is 7. The van der Waals surface area contributed by atoms with Gasteiger partial charge in [-0.05, 0) is 11.6 Å². The highest BCUT2D eigenvalue weighted by Crippen LogP contribution is 2.19. The monoisotopic (exact) mass is 427 g/mol. The van der Waals surface area contributed by atoms with Gasteiger partial charge in [0.1, 0.15) is 18.2 Å². The number of hydrogen-bond donors (Lipinski definition) is 4. The Labute approximate surface area is 175 Å². The summed E-state index contributed by atoms with van der Waals surface area (Å²) in [6, 6.07) is 6.22. The predicted octanol–water partition coefficient (Wildman–Crippen LogP) is -0.498. The molecule has 2 aromatic heterocycles. The first kappa shape index (κ1) is 21.6. The van der Waals surface area contributed by atoms with Gasteiger partial charge in [-0.1, -0.05) is 18.2 Å². The lowest BCUT2D eigenvalue weighted by Crippen LogP contribution is -2.43. The van der Waals surface area contributed by atoms with Crippen LogP contribution in [0.25, 0.3) is 10.9 Å². The third-order valence-electron chi connectivity index (χ3n) is 4.86. The van der Waals surface area contributed by atoms with E-state index >= 15 is 0 Å². The maximum absolute atomic E-state index is 12.2. The molecule has 0 aliphatic heterocycles. The van der Waals surface area contributed by atoms with E-state index in [-0.39, 0.29) is 12.0 Å². The molecule has 11 heteroatoms. The molecule has 162 valence electrons. The van der Waals surface area contributed by atoms with Crippen molar-refractivity contribution in [3.05, 3.63) is 62.4 Å². The van der Waals surface area contributed by atoms with Crippen LogP contribution in [0.4, 0.5) is 0 Å². The van der Waals surface area contributed by atoms with Crippen LogP contribution in [0.15, 0.2) is 45.0 Å². The van der Waals surface area contributed by atoms with Crippen molar-refractivity contribution < 1.29 is 19.8 Å². The number of amides is 1. The number of carboxylic acids is 1. The molecule has 3 aromatic rings. The zero-order chi connectivity index (χ0) is 22.7. The number of nitrogens with zero attached hydrogens (tertiary/aromatic N) is 3. The van der Waals surface area contributed by atoms with Gasteiger partial charge in [-0.25, -0.2) is 9.59 Å². The minimum absolute atomic E-state index is 0.0664. The largest absolute Gasteiger partial charge is 0.494 e. The minimum atomic E-state index is -1.20. The highest BCUT2D eigenvalue weighted by Gasteiger charge is 2.21. The molecule has 1 amide bonds. The Bertz CT molecular complexity index is 1300. The Morgan fingerprint density at radius 3 is 2.65 bits per heavy atom. The molecule has 11 nitrogen and oxygen atoms in total. The average Bonchev–Trinajstić information content (AvgIpc) is 3.15. The summed E-state index contributed by atoms with van der Waals surface area (Å²) in [6.45, 7) is -0.469. The molecular weight excluding hydrogens is 406 g/mol. The van der Waals surface area contributed by atoms with E-state index < -0.39 is 41.6 Å². The number of benzene rings is 1. The van der Waals surface area contributed by atoms with E-state index in [9.17, 15) is 29.4 Å². The fraction of sp³-hybridized carbons (Fsp3) is 0.250. The standard InChI is InChI=1S/C20H21N5O6/c1-24-17(27)13(18(28)25(2)20(24)31)9-21-10-16(26)23-15(19(29)30)7-11-8-22-14-6-4-3-5-12(11)14/h3-6,8-9,15,22,27H,7,10H2,1-2H3,(H,23,26)(H,29,30)/t15-/m1/s1. The maximum atomic E-state index is 12.2. The summed E-state index contributed by atoms with van der Waals surface area (Å²) in [5, 5.41) is 22.7. The molecule has 0 radical (unpaired) electrons. The molecule has 0 bridgehead atoms. The number of aromatic amines is 1. The van der Waals surface area contributed by atoms with Crippen molar-refractivity contribution >= 4 is 29.0 Å². The van der Waals surface area contributed by atoms with Crippen LogP contribution in [-0.4, -0.2) is 55.0 Å². The van der Waals surface area contributed by atoms with Gasteiger partial charge in [-0.15, -0.1) is 0 Å². The van der Waals surface area contributed by atoms with E-state index in [1.54, 1.807) is 6.20 Å². The van der Waals surface area contributed by atoms with Crippen LogP contribution in [0.1, 0.15) is 11.1 Å². The molecular formula is C20H21N5O6. The summed E-state index contributed by atoms with van der Waals surface area (Å²) in [5.41, 5.74) is -0.140. The summed E-state index contributed by atoms with van der Waals surface area (Å²) in [4.78, 5) is 54.5. The van der Waals surface area contributed by atoms with Gasteiger partial charge in [0.25, 0.3) is 5.56 Å². The first-order valence-electron chi connectivity index (χ1n) is 9.26. The zero-order valence-electron chi connectivity index (χ0n) is 16.8. The lowest BCUT2D eigenvalue weighted by molar-refractivity contribution is -0.141. The fourth-order valence-electron chi connectivity index (χ4n) is 3.15. The molecule has 31 heavy (non-hydrogen) atoms. The first-order chi connectivity index (χ1) is 14.7. The van der Waals surface area contributed by atoms with Gasteiger partial charge in [0, 0.05) is 43.8 Å². The predicted molar refractivity (Wildman–Crippen MR) is 113 cm³/mol. The second kappa shape index (κ2) is 8.69. The van der Waals surface area contributed by atoms with E-state index in [4.69, 9.17) is 0 Å². The molecule has 4 N–H and O–H groups in total. The number of aromatic hydroxyl groups is 1. The number of aliphatic imine (C=N–C) groups is 1. The van der Waals surface area contributed by atoms with Gasteiger partial charge < -0.3 is 20.5 Å². The normalized spacial score (nSPS) is 12.3. The number of fused-ring (bicyclic) bond motifs is 1. The van der Waals surface area contributed by atoms with E-state index in [0.29, 0.717) is 0 Å². The quantitative estimate of drug-likeness (QED) is 0.372. The van der Waals surface area contributed by atoms with Crippen molar-refractivity contribution in [3.63, 3.8) is 0 Å². The van der Waals surface area contributed by atoms with Gasteiger partial charge in [-0.3, -0.25) is 23.7 Å². The van der Waals surface area contributed by atoms with Crippen LogP contribution in [0.5, 0.6) is 5.88 Å². The summed E-state index contributed by atoms with van der Waals surface area (Å²) in [5.74, 6) is -2.46. The van der Waals surface area contributed by atoms with E-state index in [1.807, 2.05) is 24.3 Å². The fourth-order valence-corrected chi connectivity index (χ4v) is 3.15. The lowest BCUT2D eigenvalue weighted by Gasteiger charge is -2.13. The first-order valence-corrected chi connectivity index (χ1v) is 9.26. The molecule has 0 saturated carbocycles. The van der Waals surface area contributed by atoms with Crippen molar-refractivity contribution in [2.45, 2.75) is 12.5 Å². The molecule has 0 saturated heterocycles. The molecule has 0 aliphatic rings. The molecule has 0 spiro atoms. The number of hydrogen-bond acceptors (Lipinski definition) is 6. The van der Waals surface area contributed by atoms with Crippen LogP contribution in [-0.2, 0) is 30.1 Å². The van der Waals surface area contributed by atoms with Crippen molar-refractivity contribution in [1.82, 2.24) is 19.4 Å². The number of aromatic nitrogens is 3. The molecule has 0 aliphatic carbocycles. The second-order valence-electron chi connectivity index (χ2n) is 6.93. The molecule has 1 atom stereocenters. The number of carbonyl (C=O) groups is 2. The number of para-hydroxylation sites is 1. The van der Waals surface area contributed by atoms with Crippen molar-refractivity contribution in [1.29, 1.82) is 0 Å². The summed E-state index contributed by atoms with van der Waals surface area (Å²) in [6.07, 6.45) is 2.74. The van der Waals surface area contributed by atoms with Crippen LogP contribution in [0.3, 0.4) is 0 Å². The summed E-state index contributed by atoms with van der Waals surface area (Å²) < 4.78 is 1.66. The lowest BCUT2D eigenvalue weighted by atomic mass is 10.1. The Kier molecular flexibility index (Phi) is 6.05. The van der Waals surface area contributed by atoms with Gasteiger partial charge in [0.2, 0.25) is 11.8 Å². The van der Waals surface area contributed by atoms with Gasteiger partial charge >= 0.3 is 11.7 Å². The van der Waals surface area contributed by atoms with Crippen molar-refractivity contribution in [2.75, 3.05) is 6.54 Å². The average molecular weight is 427 g/mol. The van der Waals surface area contributed by atoms with Crippen LogP contribution < -0.4 is 16.6 Å². The minimum Gasteiger partial charge on any atom is -0.494 e. The van der Waals surface area contributed by atoms with Crippen molar-refractivity contribution in [3.8, 4) is 5.88 Å². The molecule has 3 rings (SSSR count). The number of H-pyrrole nitrogens is 1.